The lowest BCUT2D eigenvalue weighted by Crippen LogP contribution is -2.51. The summed E-state index contributed by atoms with van der Waals surface area (Å²) in [5.41, 5.74) is 1.53. The van der Waals surface area contributed by atoms with Gasteiger partial charge in [-0.15, -0.1) is 0 Å². The molecule has 2 aromatic carbocycles. The number of likely N-dealkylation sites (tertiary alicyclic amines) is 1. The summed E-state index contributed by atoms with van der Waals surface area (Å²) in [6.45, 7) is 6.26. The number of nitrogens with one attached hydrogen (secondary N) is 2. The van der Waals surface area contributed by atoms with E-state index < -0.39 is 6.04 Å². The maximum Gasteiger partial charge on any atom is 0.251 e. The molecule has 2 N–H and O–H groups in total. The molecule has 1 fully saturated rings. The fourth-order valence-electron chi connectivity index (χ4n) is 4.10. The molecule has 0 bridgehead atoms. The van der Waals surface area contributed by atoms with E-state index in [-0.39, 0.29) is 23.8 Å². The Morgan fingerprint density at radius 1 is 1.06 bits per heavy atom. The minimum absolute atomic E-state index is 0.0115. The van der Waals surface area contributed by atoms with Gasteiger partial charge >= 0.3 is 0 Å². The molecule has 0 spiro atoms. The maximum atomic E-state index is 13.1. The molecule has 0 aromatic heterocycles. The molecule has 2 aromatic rings. The smallest absolute Gasteiger partial charge is 0.251 e. The summed E-state index contributed by atoms with van der Waals surface area (Å²) in [6, 6.07) is 13.9. The van der Waals surface area contributed by atoms with Crippen LogP contribution in [0.4, 0.5) is 0 Å². The van der Waals surface area contributed by atoms with E-state index in [1.54, 1.807) is 31.4 Å². The number of halogens is 1. The quantitative estimate of drug-likeness (QED) is 0.595. The molecule has 7 heteroatoms. The summed E-state index contributed by atoms with van der Waals surface area (Å²) in [6.07, 6.45) is 2.29. The van der Waals surface area contributed by atoms with Gasteiger partial charge in [0.1, 0.15) is 11.8 Å². The summed E-state index contributed by atoms with van der Waals surface area (Å²) >= 11 is 5.91. The van der Waals surface area contributed by atoms with E-state index in [2.05, 4.69) is 21.6 Å². The lowest BCUT2D eigenvalue weighted by Gasteiger charge is -2.30. The largest absolute Gasteiger partial charge is 0.496 e. The number of amides is 2. The highest BCUT2D eigenvalue weighted by Crippen LogP contribution is 2.31. The molecule has 0 saturated carbocycles. The Morgan fingerprint density at radius 3 is 2.34 bits per heavy atom. The first-order valence-corrected chi connectivity index (χ1v) is 11.5. The summed E-state index contributed by atoms with van der Waals surface area (Å²) in [5, 5.41) is 6.52. The van der Waals surface area contributed by atoms with Crippen molar-refractivity contribution in [2.45, 2.75) is 38.8 Å². The van der Waals surface area contributed by atoms with E-state index in [1.807, 2.05) is 32.0 Å². The molecule has 1 heterocycles. The van der Waals surface area contributed by atoms with Crippen LogP contribution in [0.3, 0.4) is 0 Å². The van der Waals surface area contributed by atoms with Crippen molar-refractivity contribution >= 4 is 23.4 Å². The Bertz CT molecular complexity index is 911. The Balaban J connectivity index is 1.71. The second-order valence-electron chi connectivity index (χ2n) is 8.45. The number of nitrogens with zero attached hydrogens (tertiary/aromatic N) is 1. The van der Waals surface area contributed by atoms with E-state index >= 15 is 0 Å². The van der Waals surface area contributed by atoms with E-state index in [1.165, 1.54) is 0 Å². The van der Waals surface area contributed by atoms with Gasteiger partial charge in [0.2, 0.25) is 5.91 Å². The van der Waals surface area contributed by atoms with E-state index in [0.29, 0.717) is 17.1 Å². The van der Waals surface area contributed by atoms with E-state index in [4.69, 9.17) is 16.3 Å². The van der Waals surface area contributed by atoms with Crippen molar-refractivity contribution in [3.8, 4) is 5.75 Å². The number of hydrogen-bond donors (Lipinski definition) is 2. The number of para-hydroxylation sites is 1. The highest BCUT2D eigenvalue weighted by Gasteiger charge is 2.29. The predicted molar refractivity (Wildman–Crippen MR) is 127 cm³/mol. The zero-order valence-corrected chi connectivity index (χ0v) is 19.7. The normalized spacial score (nSPS) is 15.9. The first-order valence-electron chi connectivity index (χ1n) is 11.1. The number of methoxy groups -OCH3 is 1. The second kappa shape index (κ2) is 11.3. The van der Waals surface area contributed by atoms with Crippen LogP contribution < -0.4 is 15.4 Å². The highest BCUT2D eigenvalue weighted by molar-refractivity contribution is 6.30. The van der Waals surface area contributed by atoms with Crippen molar-refractivity contribution in [2.24, 2.45) is 5.92 Å². The molecule has 6 nitrogen and oxygen atoms in total. The van der Waals surface area contributed by atoms with Gasteiger partial charge in [0, 0.05) is 22.7 Å². The number of carbonyl (C=O) groups is 2. The minimum Gasteiger partial charge on any atom is -0.496 e. The molecule has 0 unspecified atom stereocenters. The molecule has 0 aliphatic carbocycles. The van der Waals surface area contributed by atoms with Crippen LogP contribution in [0.15, 0.2) is 48.5 Å². The van der Waals surface area contributed by atoms with Crippen molar-refractivity contribution < 1.29 is 14.3 Å². The van der Waals surface area contributed by atoms with Crippen molar-refractivity contribution in [2.75, 3.05) is 26.7 Å². The molecule has 1 saturated heterocycles. The maximum absolute atomic E-state index is 13.1. The fraction of sp³-hybridized carbons (Fsp3) is 0.440. The molecule has 172 valence electrons. The SMILES string of the molecule is COc1ccccc1[C@@H](CNC(=O)[C@@H](NC(=O)c1ccc(Cl)cc1)C(C)C)N1CCCC1. The van der Waals surface area contributed by atoms with Gasteiger partial charge in [-0.05, 0) is 62.2 Å². The number of benzene rings is 2. The van der Waals surface area contributed by atoms with Crippen LogP contribution in [0.1, 0.15) is 48.7 Å². The van der Waals surface area contributed by atoms with Crippen LogP contribution in [0, 0.1) is 5.92 Å². The van der Waals surface area contributed by atoms with Crippen LogP contribution in [0.25, 0.3) is 0 Å². The molecule has 0 radical (unpaired) electrons. The third-order valence-corrected chi connectivity index (χ3v) is 6.14. The molecular weight excluding hydrogens is 426 g/mol. The van der Waals surface area contributed by atoms with Gasteiger partial charge in [-0.3, -0.25) is 14.5 Å². The monoisotopic (exact) mass is 457 g/mol. The Labute approximate surface area is 195 Å². The first-order chi connectivity index (χ1) is 15.4. The second-order valence-corrected chi connectivity index (χ2v) is 8.88. The van der Waals surface area contributed by atoms with Crippen molar-refractivity contribution in [1.82, 2.24) is 15.5 Å². The van der Waals surface area contributed by atoms with Crippen molar-refractivity contribution in [1.29, 1.82) is 0 Å². The third-order valence-electron chi connectivity index (χ3n) is 5.89. The molecule has 32 heavy (non-hydrogen) atoms. The average Bonchev–Trinajstić information content (AvgIpc) is 3.32. The number of carbonyl (C=O) groups excluding carboxylic acids is 2. The number of ether oxygens (including phenoxy) is 1. The predicted octanol–water partition coefficient (Wildman–Crippen LogP) is 4.06. The number of rotatable bonds is 9. The van der Waals surface area contributed by atoms with Gasteiger partial charge < -0.3 is 15.4 Å². The summed E-state index contributed by atoms with van der Waals surface area (Å²) < 4.78 is 5.58. The molecular formula is C25H32ClN3O3. The standard InChI is InChI=1S/C25H32ClN3O3/c1-17(2)23(28-24(30)18-10-12-19(26)13-11-18)25(31)27-16-21(29-14-6-7-15-29)20-8-4-5-9-22(20)32-3/h4-5,8-13,17,21,23H,6-7,14-16H2,1-3H3,(H,27,31)(H,28,30)/t21-,23+/m1/s1. The van der Waals surface area contributed by atoms with Crippen LogP contribution in [0.2, 0.25) is 5.02 Å². The van der Waals surface area contributed by atoms with Crippen LogP contribution in [-0.4, -0.2) is 49.5 Å². The molecule has 1 aliphatic heterocycles. The Morgan fingerprint density at radius 2 is 1.72 bits per heavy atom. The fourth-order valence-corrected chi connectivity index (χ4v) is 4.22. The highest BCUT2D eigenvalue weighted by atomic mass is 35.5. The Kier molecular flexibility index (Phi) is 8.53. The lowest BCUT2D eigenvalue weighted by atomic mass is 10.0. The van der Waals surface area contributed by atoms with Gasteiger partial charge in [0.05, 0.1) is 13.2 Å². The molecule has 2 amide bonds. The summed E-state index contributed by atoms with van der Waals surface area (Å²) in [7, 11) is 1.67. The molecule has 3 rings (SSSR count). The molecule has 1 aliphatic rings. The molecule has 2 atom stereocenters. The van der Waals surface area contributed by atoms with Crippen molar-refractivity contribution in [3.05, 3.63) is 64.7 Å². The zero-order valence-electron chi connectivity index (χ0n) is 18.9. The average molecular weight is 458 g/mol. The van der Waals surface area contributed by atoms with Gasteiger partial charge in [-0.2, -0.15) is 0 Å². The van der Waals surface area contributed by atoms with Crippen molar-refractivity contribution in [3.63, 3.8) is 0 Å². The van der Waals surface area contributed by atoms with Crippen LogP contribution in [0.5, 0.6) is 5.75 Å². The topological polar surface area (TPSA) is 70.7 Å². The summed E-state index contributed by atoms with van der Waals surface area (Å²) in [4.78, 5) is 28.2. The minimum atomic E-state index is -0.643. The van der Waals surface area contributed by atoms with Crippen LogP contribution >= 0.6 is 11.6 Å². The van der Waals surface area contributed by atoms with Gasteiger partial charge in [-0.1, -0.05) is 43.6 Å². The van der Waals surface area contributed by atoms with E-state index in [0.717, 1.165) is 37.2 Å². The van der Waals surface area contributed by atoms with E-state index in [9.17, 15) is 9.59 Å². The summed E-state index contributed by atoms with van der Waals surface area (Å²) in [5.74, 6) is 0.260. The van der Waals surface area contributed by atoms with Gasteiger partial charge in [-0.25, -0.2) is 0 Å². The number of hydrogen-bond acceptors (Lipinski definition) is 4. The van der Waals surface area contributed by atoms with Crippen LogP contribution in [-0.2, 0) is 4.79 Å². The third kappa shape index (κ3) is 6.02. The van der Waals surface area contributed by atoms with Gasteiger partial charge in [0.15, 0.2) is 0 Å². The Hall–Kier alpha value is -2.57. The van der Waals surface area contributed by atoms with Gasteiger partial charge in [0.25, 0.3) is 5.91 Å². The first kappa shape index (κ1) is 24.1. The lowest BCUT2D eigenvalue weighted by molar-refractivity contribution is -0.124. The zero-order chi connectivity index (χ0) is 23.1.